The van der Waals surface area contributed by atoms with Crippen LogP contribution in [0, 0.1) is 0 Å². The van der Waals surface area contributed by atoms with E-state index in [0.29, 0.717) is 16.4 Å². The molecule has 104 valence electrons. The number of halogens is 1. The predicted octanol–water partition coefficient (Wildman–Crippen LogP) is 3.21. The van der Waals surface area contributed by atoms with Gasteiger partial charge >= 0.3 is 0 Å². The van der Waals surface area contributed by atoms with Gasteiger partial charge in [-0.3, -0.25) is 9.59 Å². The van der Waals surface area contributed by atoms with E-state index in [4.69, 9.17) is 11.6 Å². The number of nitrogens with one attached hydrogen (secondary N) is 1. The summed E-state index contributed by atoms with van der Waals surface area (Å²) in [6.45, 7) is 0. The van der Waals surface area contributed by atoms with Crippen molar-refractivity contribution in [2.45, 2.75) is 0 Å². The fourth-order valence-electron chi connectivity index (χ4n) is 2.07. The van der Waals surface area contributed by atoms with Gasteiger partial charge < -0.3 is 5.32 Å². The van der Waals surface area contributed by atoms with Gasteiger partial charge in [0.1, 0.15) is 5.70 Å². The summed E-state index contributed by atoms with van der Waals surface area (Å²) in [7, 11) is 0. The first-order chi connectivity index (χ1) is 10.1. The zero-order chi connectivity index (χ0) is 14.8. The van der Waals surface area contributed by atoms with Gasteiger partial charge in [-0.05, 0) is 36.4 Å². The number of nitrogens with zero attached hydrogens (tertiary/aromatic N) is 1. The first kappa shape index (κ1) is 13.4. The van der Waals surface area contributed by atoms with Crippen molar-refractivity contribution >= 4 is 34.8 Å². The largest absolute Gasteiger partial charge is 0.351 e. The average Bonchev–Trinajstić information content (AvgIpc) is 2.77. The fourth-order valence-corrected chi connectivity index (χ4v) is 2.20. The molecule has 0 saturated carbocycles. The van der Waals surface area contributed by atoms with Crippen molar-refractivity contribution in [3.05, 3.63) is 71.4 Å². The molecule has 1 N–H and O–H groups in total. The Hall–Kier alpha value is -2.59. The number of carbonyl (C=O) groups excluding carboxylic acids is 2. The van der Waals surface area contributed by atoms with Crippen LogP contribution in [0.4, 0.5) is 11.4 Å². The fraction of sp³-hybridized carbons (Fsp3) is 0. The number of anilines is 2. The second kappa shape index (κ2) is 5.42. The molecule has 1 aliphatic heterocycles. The summed E-state index contributed by atoms with van der Waals surface area (Å²) < 4.78 is 0. The van der Waals surface area contributed by atoms with Gasteiger partial charge in [0, 0.05) is 16.8 Å². The van der Waals surface area contributed by atoms with E-state index in [1.165, 1.54) is 6.08 Å². The monoisotopic (exact) mass is 298 g/mol. The maximum absolute atomic E-state index is 12.3. The quantitative estimate of drug-likeness (QED) is 0.885. The second-order valence-electron chi connectivity index (χ2n) is 4.50. The van der Waals surface area contributed by atoms with Gasteiger partial charge in [-0.25, -0.2) is 4.90 Å². The Morgan fingerprint density at radius 3 is 2.24 bits per heavy atom. The Balaban J connectivity index is 1.83. The van der Waals surface area contributed by atoms with Gasteiger partial charge in [0.05, 0.1) is 5.69 Å². The van der Waals surface area contributed by atoms with Crippen LogP contribution in [0.15, 0.2) is 66.4 Å². The number of benzene rings is 2. The lowest BCUT2D eigenvalue weighted by Crippen LogP contribution is -2.31. The van der Waals surface area contributed by atoms with Crippen LogP contribution in [0.2, 0.25) is 5.02 Å². The number of hydrogen-bond donors (Lipinski definition) is 1. The summed E-state index contributed by atoms with van der Waals surface area (Å²) in [5, 5.41) is 3.54. The minimum absolute atomic E-state index is 0.242. The Labute approximate surface area is 126 Å². The molecule has 0 aliphatic carbocycles. The van der Waals surface area contributed by atoms with Crippen molar-refractivity contribution in [1.82, 2.24) is 0 Å². The van der Waals surface area contributed by atoms with Crippen molar-refractivity contribution in [2.24, 2.45) is 0 Å². The third-order valence-corrected chi connectivity index (χ3v) is 3.31. The smallest absolute Gasteiger partial charge is 0.281 e. The summed E-state index contributed by atoms with van der Waals surface area (Å²) in [4.78, 5) is 25.5. The van der Waals surface area contributed by atoms with E-state index in [1.54, 1.807) is 48.5 Å². The summed E-state index contributed by atoms with van der Waals surface area (Å²) in [5.74, 6) is -0.733. The highest BCUT2D eigenvalue weighted by atomic mass is 35.5. The molecule has 0 saturated heterocycles. The van der Waals surface area contributed by atoms with E-state index < -0.39 is 0 Å². The van der Waals surface area contributed by atoms with Crippen molar-refractivity contribution in [3.8, 4) is 0 Å². The SMILES string of the molecule is O=C1C=C(Nc2ccc(Cl)cc2)C(=O)N1c1ccccc1. The number of imide groups is 1. The molecule has 0 aromatic heterocycles. The van der Waals surface area contributed by atoms with Crippen molar-refractivity contribution in [1.29, 1.82) is 0 Å². The zero-order valence-corrected chi connectivity index (χ0v) is 11.7. The van der Waals surface area contributed by atoms with Gasteiger partial charge in [0.25, 0.3) is 11.8 Å². The van der Waals surface area contributed by atoms with Crippen LogP contribution in [-0.2, 0) is 9.59 Å². The molecule has 2 aromatic carbocycles. The number of hydrogen-bond acceptors (Lipinski definition) is 3. The highest BCUT2D eigenvalue weighted by molar-refractivity contribution is 6.31. The first-order valence-corrected chi connectivity index (χ1v) is 6.71. The maximum Gasteiger partial charge on any atom is 0.281 e. The Kier molecular flexibility index (Phi) is 3.46. The lowest BCUT2D eigenvalue weighted by molar-refractivity contribution is -0.120. The molecule has 1 aliphatic rings. The highest BCUT2D eigenvalue weighted by Gasteiger charge is 2.32. The van der Waals surface area contributed by atoms with Crippen LogP contribution in [-0.4, -0.2) is 11.8 Å². The van der Waals surface area contributed by atoms with Crippen molar-refractivity contribution < 1.29 is 9.59 Å². The molecule has 2 aromatic rings. The lowest BCUT2D eigenvalue weighted by atomic mass is 10.3. The van der Waals surface area contributed by atoms with Crippen LogP contribution in [0.5, 0.6) is 0 Å². The minimum atomic E-state index is -0.374. The molecule has 5 heteroatoms. The van der Waals surface area contributed by atoms with Gasteiger partial charge in [0.2, 0.25) is 0 Å². The molecule has 2 amide bonds. The van der Waals surface area contributed by atoms with Crippen molar-refractivity contribution in [2.75, 3.05) is 10.2 Å². The molecular formula is C16H11ClN2O2. The molecule has 21 heavy (non-hydrogen) atoms. The minimum Gasteiger partial charge on any atom is -0.351 e. The number of para-hydroxylation sites is 1. The predicted molar refractivity (Wildman–Crippen MR) is 82.1 cm³/mol. The number of rotatable bonds is 3. The van der Waals surface area contributed by atoms with Crippen molar-refractivity contribution in [3.63, 3.8) is 0 Å². The number of carbonyl (C=O) groups is 2. The molecule has 0 radical (unpaired) electrons. The second-order valence-corrected chi connectivity index (χ2v) is 4.94. The third kappa shape index (κ3) is 2.66. The standard InChI is InChI=1S/C16H11ClN2O2/c17-11-6-8-12(9-7-11)18-14-10-15(20)19(16(14)21)13-4-2-1-3-5-13/h1-10,18H. The van der Waals surface area contributed by atoms with E-state index in [1.807, 2.05) is 6.07 Å². The summed E-state index contributed by atoms with van der Waals surface area (Å²) in [5.41, 5.74) is 1.49. The van der Waals surface area contributed by atoms with E-state index in [-0.39, 0.29) is 17.5 Å². The molecule has 0 bridgehead atoms. The summed E-state index contributed by atoms with van der Waals surface area (Å²) in [6.07, 6.45) is 1.30. The van der Waals surface area contributed by atoms with Crippen LogP contribution < -0.4 is 10.2 Å². The van der Waals surface area contributed by atoms with E-state index in [2.05, 4.69) is 5.32 Å². The van der Waals surface area contributed by atoms with Gasteiger partial charge in [-0.1, -0.05) is 29.8 Å². The zero-order valence-electron chi connectivity index (χ0n) is 10.9. The molecule has 4 nitrogen and oxygen atoms in total. The average molecular weight is 299 g/mol. The van der Waals surface area contributed by atoms with E-state index in [9.17, 15) is 9.59 Å². The Morgan fingerprint density at radius 2 is 1.57 bits per heavy atom. The summed E-state index contributed by atoms with van der Waals surface area (Å²) in [6, 6.07) is 15.7. The van der Waals surface area contributed by atoms with Crippen LogP contribution in [0.3, 0.4) is 0 Å². The molecule has 1 heterocycles. The maximum atomic E-state index is 12.3. The first-order valence-electron chi connectivity index (χ1n) is 6.33. The van der Waals surface area contributed by atoms with Gasteiger partial charge in [0.15, 0.2) is 0 Å². The third-order valence-electron chi connectivity index (χ3n) is 3.06. The molecule has 0 fully saturated rings. The molecule has 3 rings (SSSR count). The normalized spacial score (nSPS) is 14.3. The molecule has 0 atom stereocenters. The Bertz CT molecular complexity index is 724. The highest BCUT2D eigenvalue weighted by Crippen LogP contribution is 2.23. The molecule has 0 spiro atoms. The lowest BCUT2D eigenvalue weighted by Gasteiger charge is -2.15. The van der Waals surface area contributed by atoms with E-state index >= 15 is 0 Å². The van der Waals surface area contributed by atoms with Crippen LogP contribution in [0.1, 0.15) is 0 Å². The van der Waals surface area contributed by atoms with Gasteiger partial charge in [-0.15, -0.1) is 0 Å². The van der Waals surface area contributed by atoms with E-state index in [0.717, 1.165) is 4.90 Å². The number of amides is 2. The van der Waals surface area contributed by atoms with Crippen LogP contribution >= 0.6 is 11.6 Å². The van der Waals surface area contributed by atoms with Gasteiger partial charge in [-0.2, -0.15) is 0 Å². The summed E-state index contributed by atoms with van der Waals surface area (Å²) >= 11 is 5.81. The molecular weight excluding hydrogens is 288 g/mol. The van der Waals surface area contributed by atoms with Crippen LogP contribution in [0.25, 0.3) is 0 Å². The topological polar surface area (TPSA) is 49.4 Å². The molecule has 0 unspecified atom stereocenters. The Morgan fingerprint density at radius 1 is 0.905 bits per heavy atom.